The summed E-state index contributed by atoms with van der Waals surface area (Å²) in [6.45, 7) is 3.99. The van der Waals surface area contributed by atoms with Crippen molar-refractivity contribution >= 4 is 29.2 Å². The largest absolute Gasteiger partial charge is 0.457 e. The number of nitrogens with one attached hydrogen (secondary N) is 1. The second-order valence-corrected chi connectivity index (χ2v) is 10.7. The van der Waals surface area contributed by atoms with Gasteiger partial charge >= 0.3 is 6.03 Å². The number of ether oxygens (including phenoxy) is 1. The Hall–Kier alpha value is -3.59. The maximum absolute atomic E-state index is 13.8. The molecule has 196 valence electrons. The summed E-state index contributed by atoms with van der Waals surface area (Å²) < 4.78 is 5.97. The molecule has 3 amide bonds. The fourth-order valence-corrected chi connectivity index (χ4v) is 5.79. The van der Waals surface area contributed by atoms with Crippen LogP contribution in [0.2, 0.25) is 5.02 Å². The summed E-state index contributed by atoms with van der Waals surface area (Å²) in [6, 6.07) is 24.2. The zero-order valence-corrected chi connectivity index (χ0v) is 22.1. The Morgan fingerprint density at radius 3 is 2.32 bits per heavy atom. The number of amides is 3. The molecule has 3 aromatic rings. The Balaban J connectivity index is 1.24. The molecule has 4 unspecified atom stereocenters. The molecule has 3 saturated heterocycles. The molecule has 38 heavy (non-hydrogen) atoms. The maximum atomic E-state index is 13.8. The molecule has 3 aromatic carbocycles. The third-order valence-corrected chi connectivity index (χ3v) is 7.74. The summed E-state index contributed by atoms with van der Waals surface area (Å²) in [4.78, 5) is 34.6. The lowest BCUT2D eigenvalue weighted by Crippen LogP contribution is -2.66. The molecule has 0 spiro atoms. The van der Waals surface area contributed by atoms with Crippen LogP contribution in [0.15, 0.2) is 78.9 Å². The Morgan fingerprint density at radius 1 is 0.921 bits per heavy atom. The average Bonchev–Trinajstić information content (AvgIpc) is 3.31. The molecule has 3 heterocycles. The molecule has 0 bridgehead atoms. The molecule has 0 saturated carbocycles. The van der Waals surface area contributed by atoms with Gasteiger partial charge in [-0.3, -0.25) is 19.9 Å². The van der Waals surface area contributed by atoms with Crippen molar-refractivity contribution in [2.75, 3.05) is 25.0 Å². The summed E-state index contributed by atoms with van der Waals surface area (Å²) in [5.41, 5.74) is 1.88. The Bertz CT molecular complexity index is 1320. The van der Waals surface area contributed by atoms with E-state index in [0.717, 1.165) is 35.8 Å². The van der Waals surface area contributed by atoms with Gasteiger partial charge in [0.15, 0.2) is 0 Å². The van der Waals surface area contributed by atoms with Crippen LogP contribution in [0.5, 0.6) is 11.5 Å². The van der Waals surface area contributed by atoms with Crippen LogP contribution in [0.1, 0.15) is 12.5 Å². The van der Waals surface area contributed by atoms with Crippen molar-refractivity contribution in [3.05, 3.63) is 89.4 Å². The number of halogens is 1. The number of fused-ring (bicyclic) bond motifs is 3. The van der Waals surface area contributed by atoms with E-state index in [2.05, 4.69) is 22.0 Å². The predicted molar refractivity (Wildman–Crippen MR) is 146 cm³/mol. The van der Waals surface area contributed by atoms with E-state index in [-0.39, 0.29) is 24.8 Å². The van der Waals surface area contributed by atoms with Gasteiger partial charge in [0.1, 0.15) is 30.0 Å². The Morgan fingerprint density at radius 2 is 1.61 bits per heavy atom. The molecular weight excluding hydrogens is 502 g/mol. The molecule has 3 aliphatic rings. The quantitative estimate of drug-likeness (QED) is 0.520. The standard InChI is InChI=1S/C29H30ClN5O3/c1-19-16-33(22-12-14-24(15-13-22)38-23-6-4-3-5-7-23)28-31-26-25(34(28)17-19)27(36)35(29(37)32(26)2)18-20-8-10-21(30)11-9-20/h3-15,19,25-26,28,31H,16-18H2,1-2H3. The fraction of sp³-hybridized carbons (Fsp3) is 0.310. The lowest BCUT2D eigenvalue weighted by molar-refractivity contribution is -0.139. The number of carbonyl (C=O) groups is 2. The minimum absolute atomic E-state index is 0.177. The average molecular weight is 532 g/mol. The zero-order valence-electron chi connectivity index (χ0n) is 21.3. The van der Waals surface area contributed by atoms with Gasteiger partial charge in [-0.15, -0.1) is 0 Å². The summed E-state index contributed by atoms with van der Waals surface area (Å²) in [5, 5.41) is 4.20. The minimum atomic E-state index is -0.471. The van der Waals surface area contributed by atoms with Gasteiger partial charge in [-0.25, -0.2) is 4.79 Å². The number of anilines is 1. The smallest absolute Gasteiger partial charge is 0.328 e. The molecule has 4 atom stereocenters. The summed E-state index contributed by atoms with van der Waals surface area (Å²) >= 11 is 6.02. The van der Waals surface area contributed by atoms with Crippen molar-refractivity contribution in [1.82, 2.24) is 20.0 Å². The highest BCUT2D eigenvalue weighted by atomic mass is 35.5. The maximum Gasteiger partial charge on any atom is 0.328 e. The second-order valence-electron chi connectivity index (χ2n) is 10.2. The van der Waals surface area contributed by atoms with Gasteiger partial charge in [-0.2, -0.15) is 0 Å². The van der Waals surface area contributed by atoms with Crippen molar-refractivity contribution < 1.29 is 14.3 Å². The minimum Gasteiger partial charge on any atom is -0.457 e. The first-order valence-electron chi connectivity index (χ1n) is 12.8. The van der Waals surface area contributed by atoms with Crippen molar-refractivity contribution in [2.45, 2.75) is 32.0 Å². The van der Waals surface area contributed by atoms with Crippen molar-refractivity contribution in [3.63, 3.8) is 0 Å². The van der Waals surface area contributed by atoms with E-state index in [1.807, 2.05) is 66.7 Å². The molecule has 3 aliphatic heterocycles. The van der Waals surface area contributed by atoms with E-state index < -0.39 is 12.2 Å². The number of benzene rings is 3. The first-order chi connectivity index (χ1) is 18.4. The molecule has 8 nitrogen and oxygen atoms in total. The molecule has 3 fully saturated rings. The number of nitrogens with zero attached hydrogens (tertiary/aromatic N) is 4. The van der Waals surface area contributed by atoms with Crippen LogP contribution in [0.3, 0.4) is 0 Å². The lowest BCUT2D eigenvalue weighted by Gasteiger charge is -2.46. The van der Waals surface area contributed by atoms with Gasteiger partial charge in [0.25, 0.3) is 5.91 Å². The number of hydrogen-bond acceptors (Lipinski definition) is 6. The van der Waals surface area contributed by atoms with Crippen molar-refractivity contribution in [2.24, 2.45) is 5.92 Å². The van der Waals surface area contributed by atoms with Crippen LogP contribution >= 0.6 is 11.6 Å². The molecule has 1 N–H and O–H groups in total. The molecule has 0 aliphatic carbocycles. The topological polar surface area (TPSA) is 68.4 Å². The van der Waals surface area contributed by atoms with Gasteiger partial charge < -0.3 is 14.5 Å². The van der Waals surface area contributed by atoms with Crippen LogP contribution in [0, 0.1) is 5.92 Å². The number of carbonyl (C=O) groups excluding carboxylic acids is 2. The van der Waals surface area contributed by atoms with E-state index >= 15 is 0 Å². The van der Waals surface area contributed by atoms with Gasteiger partial charge in [-0.05, 0) is 60.0 Å². The number of likely N-dealkylation sites (N-methyl/N-ethyl adjacent to an activating group) is 1. The highest BCUT2D eigenvalue weighted by Gasteiger charge is 2.56. The first kappa shape index (κ1) is 24.7. The summed E-state index contributed by atoms with van der Waals surface area (Å²) in [7, 11) is 1.76. The first-order valence-corrected chi connectivity index (χ1v) is 13.2. The van der Waals surface area contributed by atoms with E-state index in [1.54, 1.807) is 24.1 Å². The predicted octanol–water partition coefficient (Wildman–Crippen LogP) is 4.57. The lowest BCUT2D eigenvalue weighted by atomic mass is 10.0. The van der Waals surface area contributed by atoms with Crippen molar-refractivity contribution in [1.29, 1.82) is 0 Å². The van der Waals surface area contributed by atoms with Crippen LogP contribution in [-0.4, -0.2) is 65.3 Å². The number of urea groups is 1. The van der Waals surface area contributed by atoms with Crippen LogP contribution in [0.4, 0.5) is 10.5 Å². The van der Waals surface area contributed by atoms with Gasteiger partial charge in [0, 0.05) is 30.8 Å². The summed E-state index contributed by atoms with van der Waals surface area (Å²) in [5.74, 6) is 1.69. The van der Waals surface area contributed by atoms with Crippen molar-refractivity contribution in [3.8, 4) is 11.5 Å². The Kier molecular flexibility index (Phi) is 6.47. The fourth-order valence-electron chi connectivity index (χ4n) is 5.67. The van der Waals surface area contributed by atoms with Gasteiger partial charge in [0.05, 0.1) is 6.54 Å². The van der Waals surface area contributed by atoms with Crippen LogP contribution in [0.25, 0.3) is 0 Å². The van der Waals surface area contributed by atoms with Gasteiger partial charge in [-0.1, -0.05) is 48.9 Å². The van der Waals surface area contributed by atoms with Crippen LogP contribution in [-0.2, 0) is 11.3 Å². The highest BCUT2D eigenvalue weighted by molar-refractivity contribution is 6.30. The molecule has 9 heteroatoms. The molecular formula is C29H30ClN5O3. The molecule has 6 rings (SSSR count). The van der Waals surface area contributed by atoms with E-state index in [9.17, 15) is 9.59 Å². The normalized spacial score (nSPS) is 25.4. The second kappa shape index (κ2) is 9.94. The number of rotatable bonds is 5. The molecule has 0 aromatic heterocycles. The third-order valence-electron chi connectivity index (χ3n) is 7.49. The van der Waals surface area contributed by atoms with E-state index in [1.165, 1.54) is 4.90 Å². The van der Waals surface area contributed by atoms with Crippen LogP contribution < -0.4 is 15.0 Å². The summed E-state index contributed by atoms with van der Waals surface area (Å²) in [6.07, 6.45) is -0.619. The number of para-hydroxylation sites is 1. The number of hydrogen-bond donors (Lipinski definition) is 1. The monoisotopic (exact) mass is 531 g/mol. The third kappa shape index (κ3) is 4.49. The molecule has 0 radical (unpaired) electrons. The van der Waals surface area contributed by atoms with E-state index in [0.29, 0.717) is 10.9 Å². The zero-order chi connectivity index (χ0) is 26.4. The van der Waals surface area contributed by atoms with Gasteiger partial charge in [0.2, 0.25) is 0 Å². The SMILES string of the molecule is CC1CN(c2ccc(Oc3ccccc3)cc2)C2NC3C(C(=O)N(Cc4ccc(Cl)cc4)C(=O)N3C)N2C1. The Labute approximate surface area is 227 Å². The number of imide groups is 1. The highest BCUT2D eigenvalue weighted by Crippen LogP contribution is 2.35. The van der Waals surface area contributed by atoms with E-state index in [4.69, 9.17) is 16.3 Å².